The van der Waals surface area contributed by atoms with Crippen LogP contribution in [-0.2, 0) is 6.42 Å². The lowest BCUT2D eigenvalue weighted by atomic mass is 9.92. The van der Waals surface area contributed by atoms with Crippen molar-refractivity contribution in [3.05, 3.63) is 193 Å². The van der Waals surface area contributed by atoms with Crippen LogP contribution in [0.3, 0.4) is 0 Å². The van der Waals surface area contributed by atoms with Crippen molar-refractivity contribution in [3.63, 3.8) is 0 Å². The molecule has 3 aromatic heterocycles. The van der Waals surface area contributed by atoms with Gasteiger partial charge in [0, 0.05) is 49.9 Å². The van der Waals surface area contributed by atoms with Crippen molar-refractivity contribution in [2.45, 2.75) is 13.3 Å². The Bertz CT molecular complexity index is 3080. The summed E-state index contributed by atoms with van der Waals surface area (Å²) in [6.45, 7) is 2.30. The zero-order valence-corrected chi connectivity index (χ0v) is 31.4. The van der Waals surface area contributed by atoms with Crippen molar-refractivity contribution in [2.24, 2.45) is 5.92 Å². The zero-order chi connectivity index (χ0) is 37.9. The van der Waals surface area contributed by atoms with Gasteiger partial charge in [0.15, 0.2) is 17.5 Å². The summed E-state index contributed by atoms with van der Waals surface area (Å²) in [6, 6.07) is 62.2. The summed E-state index contributed by atoms with van der Waals surface area (Å²) in [5, 5.41) is 3.80. The molecule has 1 aliphatic rings. The van der Waals surface area contributed by atoms with Crippen LogP contribution in [0.2, 0.25) is 0 Å². The van der Waals surface area contributed by atoms with E-state index in [1.165, 1.54) is 60.8 Å². The van der Waals surface area contributed by atoms with E-state index in [2.05, 4.69) is 143 Å². The topological polar surface area (TPSA) is 48.5 Å². The van der Waals surface area contributed by atoms with Crippen LogP contribution in [0, 0.1) is 5.92 Å². The van der Waals surface area contributed by atoms with Crippen LogP contribution in [-0.4, -0.2) is 24.1 Å². The molecule has 0 amide bonds. The summed E-state index contributed by atoms with van der Waals surface area (Å²) in [6.07, 6.45) is 5.66. The average molecular weight is 732 g/mol. The average Bonchev–Trinajstić information content (AvgIpc) is 3.79. The molecule has 5 nitrogen and oxygen atoms in total. The third kappa shape index (κ3) is 5.66. The molecule has 3 heterocycles. The first-order valence-corrected chi connectivity index (χ1v) is 19.6. The van der Waals surface area contributed by atoms with Crippen molar-refractivity contribution in [1.82, 2.24) is 24.1 Å². The molecule has 0 radical (unpaired) electrons. The summed E-state index contributed by atoms with van der Waals surface area (Å²) >= 11 is 0. The van der Waals surface area contributed by atoms with Crippen LogP contribution in [0.4, 0.5) is 0 Å². The predicted molar refractivity (Wildman–Crippen MR) is 235 cm³/mol. The number of para-hydroxylation sites is 2. The Morgan fingerprint density at radius 2 is 0.947 bits per heavy atom. The van der Waals surface area contributed by atoms with Gasteiger partial charge in [0.1, 0.15) is 0 Å². The summed E-state index contributed by atoms with van der Waals surface area (Å²) in [5.74, 6) is 2.44. The SMILES string of the molecule is CC1C=Cc2c(c3ccc(-c4ccc5c(c4)c4ccccc4n5-c4ccccc4)cc3n2-c2ccc(-c3nc(-c4ccccc4)nc(-c4ccccc4)n3)cc2)C1. The van der Waals surface area contributed by atoms with E-state index in [-0.39, 0.29) is 0 Å². The van der Waals surface area contributed by atoms with Gasteiger partial charge in [-0.25, -0.2) is 15.0 Å². The van der Waals surface area contributed by atoms with Crippen LogP contribution < -0.4 is 0 Å². The number of aromatic nitrogens is 5. The maximum atomic E-state index is 4.98. The second-order valence-electron chi connectivity index (χ2n) is 15.0. The van der Waals surface area contributed by atoms with E-state index in [0.29, 0.717) is 23.4 Å². The number of allylic oxidation sites excluding steroid dienone is 1. The first-order chi connectivity index (χ1) is 28.2. The Hall–Kier alpha value is -7.37. The number of hydrogen-bond donors (Lipinski definition) is 0. The van der Waals surface area contributed by atoms with Gasteiger partial charge in [-0.2, -0.15) is 0 Å². The first-order valence-electron chi connectivity index (χ1n) is 19.6. The Balaban J connectivity index is 1.03. The quantitative estimate of drug-likeness (QED) is 0.171. The predicted octanol–water partition coefficient (Wildman–Crippen LogP) is 12.8. The molecule has 1 atom stereocenters. The molecule has 7 aromatic carbocycles. The minimum Gasteiger partial charge on any atom is -0.310 e. The third-order valence-corrected chi connectivity index (χ3v) is 11.3. The maximum absolute atomic E-state index is 4.98. The molecule has 0 saturated heterocycles. The third-order valence-electron chi connectivity index (χ3n) is 11.3. The monoisotopic (exact) mass is 731 g/mol. The standard InChI is InChI=1S/C52H37N5/c1-34-21-29-47-44(31-34)43-28-24-39(38-25-30-48-45(32-38)42-19-11-12-20-46(42)56(48)40-17-9-4-10-18-40)33-49(43)57(47)41-26-22-37(23-27-41)52-54-50(35-13-5-2-6-14-35)53-51(55-52)36-15-7-3-8-16-36/h2-30,32-34H,31H2,1H3. The van der Waals surface area contributed by atoms with Crippen molar-refractivity contribution in [2.75, 3.05) is 0 Å². The first kappa shape index (κ1) is 33.0. The molecular weight excluding hydrogens is 695 g/mol. The van der Waals surface area contributed by atoms with Gasteiger partial charge in [-0.1, -0.05) is 128 Å². The second-order valence-corrected chi connectivity index (χ2v) is 15.0. The molecule has 11 rings (SSSR count). The molecule has 0 aliphatic heterocycles. The van der Waals surface area contributed by atoms with Gasteiger partial charge in [-0.15, -0.1) is 0 Å². The molecule has 0 bridgehead atoms. The minimum absolute atomic E-state index is 0.476. The summed E-state index contributed by atoms with van der Waals surface area (Å²) in [5.41, 5.74) is 13.8. The van der Waals surface area contributed by atoms with E-state index >= 15 is 0 Å². The van der Waals surface area contributed by atoms with Crippen molar-refractivity contribution >= 4 is 38.8 Å². The Labute approximate surface area is 330 Å². The fraction of sp³-hybridized carbons (Fsp3) is 0.0577. The van der Waals surface area contributed by atoms with Gasteiger partial charge in [0.05, 0.1) is 16.6 Å². The second kappa shape index (κ2) is 13.4. The lowest BCUT2D eigenvalue weighted by Gasteiger charge is -2.16. The summed E-state index contributed by atoms with van der Waals surface area (Å²) in [4.78, 5) is 14.9. The Kier molecular flexibility index (Phi) is 7.78. The van der Waals surface area contributed by atoms with Crippen LogP contribution >= 0.6 is 0 Å². The normalized spacial score (nSPS) is 13.7. The molecule has 5 heteroatoms. The molecule has 1 unspecified atom stereocenters. The molecule has 10 aromatic rings. The van der Waals surface area contributed by atoms with E-state index in [1.807, 2.05) is 60.7 Å². The number of rotatable bonds is 6. The smallest absolute Gasteiger partial charge is 0.164 e. The van der Waals surface area contributed by atoms with Crippen molar-refractivity contribution in [3.8, 4) is 56.7 Å². The molecule has 270 valence electrons. The van der Waals surface area contributed by atoms with Gasteiger partial charge in [-0.05, 0) is 95.8 Å². The van der Waals surface area contributed by atoms with Crippen LogP contribution in [0.25, 0.3) is 95.5 Å². The number of fused-ring (bicyclic) bond motifs is 6. The Morgan fingerprint density at radius 1 is 0.421 bits per heavy atom. The van der Waals surface area contributed by atoms with E-state index < -0.39 is 0 Å². The lowest BCUT2D eigenvalue weighted by molar-refractivity contribution is 0.718. The van der Waals surface area contributed by atoms with Crippen molar-refractivity contribution in [1.29, 1.82) is 0 Å². The highest BCUT2D eigenvalue weighted by Gasteiger charge is 2.22. The largest absolute Gasteiger partial charge is 0.310 e. The summed E-state index contributed by atoms with van der Waals surface area (Å²) in [7, 11) is 0. The highest BCUT2D eigenvalue weighted by molar-refractivity contribution is 6.10. The maximum Gasteiger partial charge on any atom is 0.164 e. The van der Waals surface area contributed by atoms with Crippen LogP contribution in [0.1, 0.15) is 18.2 Å². The van der Waals surface area contributed by atoms with Gasteiger partial charge in [0.25, 0.3) is 0 Å². The molecular formula is C52H37N5. The molecule has 0 N–H and O–H groups in total. The van der Waals surface area contributed by atoms with Crippen LogP contribution in [0.15, 0.2) is 182 Å². The minimum atomic E-state index is 0.476. The van der Waals surface area contributed by atoms with Gasteiger partial charge >= 0.3 is 0 Å². The van der Waals surface area contributed by atoms with Crippen LogP contribution in [0.5, 0.6) is 0 Å². The summed E-state index contributed by atoms with van der Waals surface area (Å²) < 4.78 is 4.80. The van der Waals surface area contributed by atoms with Gasteiger partial charge in [-0.3, -0.25) is 0 Å². The molecule has 0 fully saturated rings. The molecule has 0 saturated carbocycles. The Morgan fingerprint density at radius 3 is 1.63 bits per heavy atom. The lowest BCUT2D eigenvalue weighted by Crippen LogP contribution is -2.05. The fourth-order valence-corrected chi connectivity index (χ4v) is 8.57. The fourth-order valence-electron chi connectivity index (χ4n) is 8.57. The molecule has 0 spiro atoms. The van der Waals surface area contributed by atoms with E-state index in [4.69, 9.17) is 15.0 Å². The molecule has 1 aliphatic carbocycles. The highest BCUT2D eigenvalue weighted by Crippen LogP contribution is 2.40. The van der Waals surface area contributed by atoms with Crippen molar-refractivity contribution < 1.29 is 0 Å². The van der Waals surface area contributed by atoms with Gasteiger partial charge < -0.3 is 9.13 Å². The number of benzene rings is 7. The highest BCUT2D eigenvalue weighted by atomic mass is 15.0. The van der Waals surface area contributed by atoms with E-state index in [0.717, 1.165) is 28.8 Å². The van der Waals surface area contributed by atoms with E-state index in [9.17, 15) is 0 Å². The zero-order valence-electron chi connectivity index (χ0n) is 31.4. The number of nitrogens with zero attached hydrogens (tertiary/aromatic N) is 5. The molecule has 57 heavy (non-hydrogen) atoms. The van der Waals surface area contributed by atoms with Gasteiger partial charge in [0.2, 0.25) is 0 Å². The van der Waals surface area contributed by atoms with E-state index in [1.54, 1.807) is 0 Å². The number of hydrogen-bond acceptors (Lipinski definition) is 3.